The molecule has 11 nitrogen and oxygen atoms in total. The number of carbonyl (C=O) groups is 2. The van der Waals surface area contributed by atoms with Gasteiger partial charge in [-0.05, 0) is 30.7 Å². The third kappa shape index (κ3) is 6.17. The number of benzene rings is 2. The summed E-state index contributed by atoms with van der Waals surface area (Å²) in [5, 5.41) is 8.56. The maximum atomic E-state index is 15.2. The molecule has 3 aromatic rings. The van der Waals surface area contributed by atoms with E-state index in [9.17, 15) is 22.8 Å². The van der Waals surface area contributed by atoms with E-state index in [-0.39, 0.29) is 53.0 Å². The van der Waals surface area contributed by atoms with Crippen molar-refractivity contribution >= 4 is 23.5 Å². The number of hydrogen-bond acceptors (Lipinski definition) is 9. The second-order valence-electron chi connectivity index (χ2n) is 9.97. The summed E-state index contributed by atoms with van der Waals surface area (Å²) < 4.78 is 73.0. The van der Waals surface area contributed by atoms with Crippen LogP contribution in [0.3, 0.4) is 0 Å². The molecular formula is C28H28F4N6O5. The first-order valence-electron chi connectivity index (χ1n) is 13.2. The van der Waals surface area contributed by atoms with E-state index in [1.54, 1.807) is 19.2 Å². The van der Waals surface area contributed by atoms with E-state index in [1.807, 2.05) is 0 Å². The molecule has 3 N–H and O–H groups in total. The van der Waals surface area contributed by atoms with Crippen LogP contribution in [0.5, 0.6) is 17.4 Å². The van der Waals surface area contributed by atoms with Gasteiger partial charge in [-0.2, -0.15) is 18.2 Å². The van der Waals surface area contributed by atoms with E-state index in [0.29, 0.717) is 31.3 Å². The minimum Gasteiger partial charge on any atom is -0.495 e. The number of halogens is 4. The number of carbonyl (C=O) groups excluding carboxylic acids is 2. The number of hydrogen-bond donors (Lipinski definition) is 3. The summed E-state index contributed by atoms with van der Waals surface area (Å²) in [4.78, 5) is 34.6. The van der Waals surface area contributed by atoms with Crippen LogP contribution in [0.2, 0.25) is 0 Å². The molecule has 0 saturated carbocycles. The molecular weight excluding hydrogens is 576 g/mol. The fourth-order valence-electron chi connectivity index (χ4n) is 4.96. The van der Waals surface area contributed by atoms with Gasteiger partial charge >= 0.3 is 6.18 Å². The van der Waals surface area contributed by atoms with E-state index >= 15 is 4.39 Å². The van der Waals surface area contributed by atoms with Crippen LogP contribution in [0.1, 0.15) is 38.3 Å². The van der Waals surface area contributed by atoms with E-state index in [2.05, 4.69) is 25.9 Å². The zero-order chi connectivity index (χ0) is 30.9. The standard InChI is InChI=1S/C28H28F4N6O5/c1-38-13-14-5-4-6-20(23(14)26(38)40)43-25-16(28(30,31)32)11-34-27(37-25)36-19-10-17(29)15(9-21(19)41-2)24(39)35-18-7-8-33-12-22(18)42-3/h4-6,9-11,18,22,33H,7-8,12-13H2,1-3H3,(H,35,39)(H,34,36,37)/t18-,22?/m1/s1. The highest BCUT2D eigenvalue weighted by atomic mass is 19.4. The molecule has 15 heteroatoms. The van der Waals surface area contributed by atoms with Crippen molar-refractivity contribution in [2.24, 2.45) is 0 Å². The van der Waals surface area contributed by atoms with Gasteiger partial charge in [-0.1, -0.05) is 12.1 Å². The fourth-order valence-corrected chi connectivity index (χ4v) is 4.96. The summed E-state index contributed by atoms with van der Waals surface area (Å²) in [6.45, 7) is 1.45. The van der Waals surface area contributed by atoms with Crippen molar-refractivity contribution in [2.45, 2.75) is 31.3 Å². The Kier molecular flexibility index (Phi) is 8.37. The van der Waals surface area contributed by atoms with Gasteiger partial charge in [0.25, 0.3) is 11.8 Å². The molecule has 43 heavy (non-hydrogen) atoms. The quantitative estimate of drug-likeness (QED) is 0.329. The highest BCUT2D eigenvalue weighted by Crippen LogP contribution is 2.40. The van der Waals surface area contributed by atoms with Gasteiger partial charge in [0.15, 0.2) is 0 Å². The van der Waals surface area contributed by atoms with Crippen molar-refractivity contribution in [1.82, 2.24) is 25.5 Å². The molecule has 1 aromatic heterocycles. The van der Waals surface area contributed by atoms with Crippen LogP contribution in [0, 0.1) is 5.82 Å². The predicted molar refractivity (Wildman–Crippen MR) is 145 cm³/mol. The Hall–Kier alpha value is -4.50. The molecule has 228 valence electrons. The number of ether oxygens (including phenoxy) is 3. The smallest absolute Gasteiger partial charge is 0.423 e. The summed E-state index contributed by atoms with van der Waals surface area (Å²) in [7, 11) is 4.36. The zero-order valence-corrected chi connectivity index (χ0v) is 23.3. The van der Waals surface area contributed by atoms with Crippen molar-refractivity contribution in [3.63, 3.8) is 0 Å². The van der Waals surface area contributed by atoms with E-state index in [1.165, 1.54) is 25.2 Å². The third-order valence-corrected chi connectivity index (χ3v) is 7.17. The number of alkyl halides is 3. The number of piperidine rings is 1. The highest BCUT2D eigenvalue weighted by Gasteiger charge is 2.38. The molecule has 3 heterocycles. The summed E-state index contributed by atoms with van der Waals surface area (Å²) in [6.07, 6.45) is -4.10. The Labute approximate surface area is 243 Å². The number of anilines is 2. The van der Waals surface area contributed by atoms with Gasteiger partial charge in [0, 0.05) is 39.5 Å². The van der Waals surface area contributed by atoms with Crippen LogP contribution in [0.4, 0.5) is 29.2 Å². The highest BCUT2D eigenvalue weighted by molar-refractivity contribution is 6.01. The maximum Gasteiger partial charge on any atom is 0.423 e. The average molecular weight is 605 g/mol. The minimum absolute atomic E-state index is 0.000585. The van der Waals surface area contributed by atoms with Crippen LogP contribution in [-0.2, 0) is 17.5 Å². The molecule has 5 rings (SSSR count). The third-order valence-electron chi connectivity index (χ3n) is 7.17. The lowest BCUT2D eigenvalue weighted by atomic mass is 10.0. The van der Waals surface area contributed by atoms with Gasteiger partial charge in [-0.25, -0.2) is 9.37 Å². The van der Waals surface area contributed by atoms with Crippen molar-refractivity contribution in [3.05, 3.63) is 64.6 Å². The molecule has 1 saturated heterocycles. The number of amides is 2. The first-order chi connectivity index (χ1) is 20.5. The van der Waals surface area contributed by atoms with Crippen LogP contribution >= 0.6 is 0 Å². The molecule has 2 aliphatic rings. The zero-order valence-electron chi connectivity index (χ0n) is 23.3. The first-order valence-corrected chi connectivity index (χ1v) is 13.2. The lowest BCUT2D eigenvalue weighted by Gasteiger charge is -2.31. The number of methoxy groups -OCH3 is 2. The fraction of sp³-hybridized carbons (Fsp3) is 0.357. The van der Waals surface area contributed by atoms with Crippen molar-refractivity contribution in [1.29, 1.82) is 0 Å². The summed E-state index contributed by atoms with van der Waals surface area (Å²) in [5.74, 6) is -3.37. The van der Waals surface area contributed by atoms with Gasteiger partial charge in [0.05, 0.1) is 36.1 Å². The SMILES string of the molecule is COc1cc(C(=O)N[C@@H]2CCNCC2OC)c(F)cc1Nc1ncc(C(F)(F)F)c(Oc2cccc3c2C(=O)N(C)C3)n1. The topological polar surface area (TPSA) is 127 Å². The first kappa shape index (κ1) is 30.0. The Morgan fingerprint density at radius 2 is 1.98 bits per heavy atom. The Bertz CT molecular complexity index is 1550. The van der Waals surface area contributed by atoms with Gasteiger partial charge < -0.3 is 35.1 Å². The Morgan fingerprint density at radius 1 is 1.19 bits per heavy atom. The molecule has 2 amide bonds. The molecule has 2 atom stereocenters. The van der Waals surface area contributed by atoms with E-state index < -0.39 is 35.3 Å². The van der Waals surface area contributed by atoms with Crippen LogP contribution < -0.4 is 25.4 Å². The van der Waals surface area contributed by atoms with Crippen LogP contribution in [0.15, 0.2) is 36.5 Å². The number of aromatic nitrogens is 2. The molecule has 0 spiro atoms. The lowest BCUT2D eigenvalue weighted by Crippen LogP contribution is -2.53. The molecule has 0 aliphatic carbocycles. The van der Waals surface area contributed by atoms with Gasteiger partial charge in [-0.15, -0.1) is 0 Å². The van der Waals surface area contributed by atoms with Gasteiger partial charge in [-0.3, -0.25) is 9.59 Å². The molecule has 2 aromatic carbocycles. The number of nitrogens with zero attached hydrogens (tertiary/aromatic N) is 3. The van der Waals surface area contributed by atoms with E-state index in [0.717, 1.165) is 12.1 Å². The molecule has 0 radical (unpaired) electrons. The Balaban J connectivity index is 1.43. The van der Waals surface area contributed by atoms with Gasteiger partial charge in [0.1, 0.15) is 22.9 Å². The normalized spacial score (nSPS) is 18.3. The summed E-state index contributed by atoms with van der Waals surface area (Å²) in [6, 6.07) is 6.36. The van der Waals surface area contributed by atoms with Crippen molar-refractivity contribution in [2.75, 3.05) is 39.7 Å². The molecule has 0 bridgehead atoms. The van der Waals surface area contributed by atoms with Crippen molar-refractivity contribution < 1.29 is 41.4 Å². The molecule has 1 unspecified atom stereocenters. The lowest BCUT2D eigenvalue weighted by molar-refractivity contribution is -0.139. The van der Waals surface area contributed by atoms with E-state index in [4.69, 9.17) is 14.2 Å². The van der Waals surface area contributed by atoms with Gasteiger partial charge in [0.2, 0.25) is 11.8 Å². The molecule has 1 fully saturated rings. The largest absolute Gasteiger partial charge is 0.495 e. The van der Waals surface area contributed by atoms with Crippen LogP contribution in [0.25, 0.3) is 0 Å². The average Bonchev–Trinajstić information content (AvgIpc) is 3.26. The second kappa shape index (κ2) is 12.0. The minimum atomic E-state index is -4.89. The van der Waals surface area contributed by atoms with Crippen molar-refractivity contribution in [3.8, 4) is 17.4 Å². The monoisotopic (exact) mass is 604 g/mol. The maximum absolute atomic E-state index is 15.2. The second-order valence-corrected chi connectivity index (χ2v) is 9.97. The van der Waals surface area contributed by atoms with Crippen LogP contribution in [-0.4, -0.2) is 73.2 Å². The number of rotatable bonds is 8. The number of nitrogens with one attached hydrogen (secondary N) is 3. The molecule has 2 aliphatic heterocycles. The number of fused-ring (bicyclic) bond motifs is 1. The predicted octanol–water partition coefficient (Wildman–Crippen LogP) is 3.87. The summed E-state index contributed by atoms with van der Waals surface area (Å²) >= 11 is 0. The summed E-state index contributed by atoms with van der Waals surface area (Å²) in [5.41, 5.74) is -0.928. The Morgan fingerprint density at radius 3 is 2.70 bits per heavy atom.